The standard InChI is InChI=1S/C15H21N3O2S/c19-10-13-14(11-1-2-11)16-15(21-13)18-4-3-12(9-18)17-5-7-20-8-6-17/h10-12H,1-9H2. The van der Waals surface area contributed by atoms with Crippen LogP contribution in [0.2, 0.25) is 0 Å². The molecule has 114 valence electrons. The van der Waals surface area contributed by atoms with Crippen molar-refractivity contribution in [3.8, 4) is 0 Å². The number of carbonyl (C=O) groups is 1. The number of aromatic nitrogens is 1. The maximum absolute atomic E-state index is 11.2. The van der Waals surface area contributed by atoms with E-state index in [0.29, 0.717) is 12.0 Å². The minimum Gasteiger partial charge on any atom is -0.379 e. The lowest BCUT2D eigenvalue weighted by Gasteiger charge is -2.32. The summed E-state index contributed by atoms with van der Waals surface area (Å²) in [5, 5.41) is 1.05. The summed E-state index contributed by atoms with van der Waals surface area (Å²) >= 11 is 1.58. The average molecular weight is 307 g/mol. The van der Waals surface area contributed by atoms with Gasteiger partial charge in [0.2, 0.25) is 0 Å². The van der Waals surface area contributed by atoms with Gasteiger partial charge in [0, 0.05) is 38.1 Å². The molecule has 3 aliphatic rings. The van der Waals surface area contributed by atoms with Crippen LogP contribution in [0.1, 0.15) is 40.5 Å². The number of nitrogens with zero attached hydrogens (tertiary/aromatic N) is 3. The van der Waals surface area contributed by atoms with Crippen molar-refractivity contribution in [2.75, 3.05) is 44.3 Å². The number of morpholine rings is 1. The van der Waals surface area contributed by atoms with E-state index in [4.69, 9.17) is 9.72 Å². The monoisotopic (exact) mass is 307 g/mol. The van der Waals surface area contributed by atoms with Crippen LogP contribution in [-0.4, -0.2) is 61.6 Å². The summed E-state index contributed by atoms with van der Waals surface area (Å²) in [7, 11) is 0. The van der Waals surface area contributed by atoms with Crippen LogP contribution in [0.4, 0.5) is 5.13 Å². The highest BCUT2D eigenvalue weighted by atomic mass is 32.1. The number of ether oxygens (including phenoxy) is 1. The summed E-state index contributed by atoms with van der Waals surface area (Å²) in [6, 6.07) is 0.613. The minimum atomic E-state index is 0.549. The number of aldehydes is 1. The Bertz CT molecular complexity index is 523. The smallest absolute Gasteiger partial charge is 0.186 e. The van der Waals surface area contributed by atoms with Crippen molar-refractivity contribution in [2.45, 2.75) is 31.2 Å². The van der Waals surface area contributed by atoms with Crippen LogP contribution in [-0.2, 0) is 4.74 Å². The van der Waals surface area contributed by atoms with E-state index in [2.05, 4.69) is 9.80 Å². The molecule has 0 radical (unpaired) electrons. The second-order valence-electron chi connectivity index (χ2n) is 6.17. The Morgan fingerprint density at radius 3 is 2.71 bits per heavy atom. The third kappa shape index (κ3) is 2.72. The lowest BCUT2D eigenvalue weighted by Crippen LogP contribution is -2.44. The Balaban J connectivity index is 1.46. The first-order chi connectivity index (χ1) is 10.3. The molecule has 0 bridgehead atoms. The van der Waals surface area contributed by atoms with Gasteiger partial charge in [0.1, 0.15) is 0 Å². The average Bonchev–Trinajstić information content (AvgIpc) is 3.11. The van der Waals surface area contributed by atoms with E-state index in [9.17, 15) is 4.79 Å². The first-order valence-corrected chi connectivity index (χ1v) is 8.69. The van der Waals surface area contributed by atoms with E-state index < -0.39 is 0 Å². The van der Waals surface area contributed by atoms with Gasteiger partial charge in [0.25, 0.3) is 0 Å². The number of hydrogen-bond donors (Lipinski definition) is 0. The molecule has 1 aromatic rings. The molecule has 0 spiro atoms. The number of thiazole rings is 1. The quantitative estimate of drug-likeness (QED) is 0.793. The third-order valence-corrected chi connectivity index (χ3v) is 5.79. The van der Waals surface area contributed by atoms with Crippen molar-refractivity contribution < 1.29 is 9.53 Å². The van der Waals surface area contributed by atoms with E-state index in [1.54, 1.807) is 11.3 Å². The van der Waals surface area contributed by atoms with Gasteiger partial charge in [-0.3, -0.25) is 9.69 Å². The summed E-state index contributed by atoms with van der Waals surface area (Å²) in [4.78, 5) is 21.8. The molecule has 1 aliphatic carbocycles. The van der Waals surface area contributed by atoms with Crippen LogP contribution in [0.25, 0.3) is 0 Å². The third-order valence-electron chi connectivity index (χ3n) is 4.74. The van der Waals surface area contributed by atoms with E-state index in [1.165, 1.54) is 19.3 Å². The minimum absolute atomic E-state index is 0.549. The van der Waals surface area contributed by atoms with Crippen molar-refractivity contribution in [3.63, 3.8) is 0 Å². The van der Waals surface area contributed by atoms with Crippen LogP contribution in [0.15, 0.2) is 0 Å². The fourth-order valence-corrected chi connectivity index (χ4v) is 4.36. The van der Waals surface area contributed by atoms with Crippen molar-refractivity contribution in [1.82, 2.24) is 9.88 Å². The van der Waals surface area contributed by atoms with Gasteiger partial charge < -0.3 is 9.64 Å². The van der Waals surface area contributed by atoms with Gasteiger partial charge in [-0.15, -0.1) is 0 Å². The van der Waals surface area contributed by atoms with E-state index in [1.807, 2.05) is 0 Å². The van der Waals surface area contributed by atoms with Gasteiger partial charge >= 0.3 is 0 Å². The van der Waals surface area contributed by atoms with Crippen LogP contribution in [0.5, 0.6) is 0 Å². The zero-order chi connectivity index (χ0) is 14.2. The Labute approximate surface area is 128 Å². The van der Waals surface area contributed by atoms with Crippen molar-refractivity contribution in [1.29, 1.82) is 0 Å². The molecule has 0 N–H and O–H groups in total. The highest BCUT2D eigenvalue weighted by molar-refractivity contribution is 7.17. The highest BCUT2D eigenvalue weighted by Crippen LogP contribution is 2.44. The molecule has 1 saturated carbocycles. The van der Waals surface area contributed by atoms with E-state index in [-0.39, 0.29) is 0 Å². The second kappa shape index (κ2) is 5.66. The van der Waals surface area contributed by atoms with Gasteiger partial charge in [-0.2, -0.15) is 0 Å². The fraction of sp³-hybridized carbons (Fsp3) is 0.733. The lowest BCUT2D eigenvalue weighted by atomic mass is 10.2. The van der Waals surface area contributed by atoms with Crippen molar-refractivity contribution in [2.24, 2.45) is 0 Å². The summed E-state index contributed by atoms with van der Waals surface area (Å²) in [6.07, 6.45) is 4.57. The predicted octanol–water partition coefficient (Wildman–Crippen LogP) is 1.74. The number of carbonyl (C=O) groups excluding carboxylic acids is 1. The molecule has 3 fully saturated rings. The molecule has 4 rings (SSSR count). The van der Waals surface area contributed by atoms with Gasteiger partial charge in [-0.05, 0) is 19.3 Å². The molecular weight excluding hydrogens is 286 g/mol. The second-order valence-corrected chi connectivity index (χ2v) is 7.18. The summed E-state index contributed by atoms with van der Waals surface area (Å²) in [5.41, 5.74) is 1.06. The largest absolute Gasteiger partial charge is 0.379 e. The molecule has 2 aliphatic heterocycles. The molecule has 3 heterocycles. The molecule has 6 heteroatoms. The maximum atomic E-state index is 11.2. The normalized spacial score (nSPS) is 27.2. The SMILES string of the molecule is O=Cc1sc(N2CCC(N3CCOCC3)C2)nc1C1CC1. The predicted molar refractivity (Wildman–Crippen MR) is 82.5 cm³/mol. The highest BCUT2D eigenvalue weighted by Gasteiger charge is 2.33. The summed E-state index contributed by atoms with van der Waals surface area (Å²) in [6.45, 7) is 5.89. The van der Waals surface area contributed by atoms with E-state index >= 15 is 0 Å². The number of rotatable bonds is 4. The number of hydrogen-bond acceptors (Lipinski definition) is 6. The van der Waals surface area contributed by atoms with Crippen LogP contribution >= 0.6 is 11.3 Å². The lowest BCUT2D eigenvalue weighted by molar-refractivity contribution is 0.0209. The van der Waals surface area contributed by atoms with Crippen LogP contribution in [0, 0.1) is 0 Å². The summed E-state index contributed by atoms with van der Waals surface area (Å²) < 4.78 is 5.43. The maximum Gasteiger partial charge on any atom is 0.186 e. The fourth-order valence-electron chi connectivity index (χ4n) is 3.36. The van der Waals surface area contributed by atoms with Crippen molar-refractivity contribution in [3.05, 3.63) is 10.6 Å². The summed E-state index contributed by atoms with van der Waals surface area (Å²) in [5.74, 6) is 0.549. The van der Waals surface area contributed by atoms with E-state index in [0.717, 1.165) is 61.4 Å². The van der Waals surface area contributed by atoms with Gasteiger partial charge in [0.05, 0.1) is 23.8 Å². The first-order valence-electron chi connectivity index (χ1n) is 7.88. The Hall–Kier alpha value is -0.980. The molecule has 2 saturated heterocycles. The molecule has 21 heavy (non-hydrogen) atoms. The zero-order valence-electron chi connectivity index (χ0n) is 12.2. The zero-order valence-corrected chi connectivity index (χ0v) is 13.0. The molecule has 1 atom stereocenters. The van der Waals surface area contributed by atoms with Crippen molar-refractivity contribution >= 4 is 22.8 Å². The van der Waals surface area contributed by atoms with Crippen LogP contribution < -0.4 is 4.90 Å². The first kappa shape index (κ1) is 13.7. The van der Waals surface area contributed by atoms with Gasteiger partial charge in [-0.25, -0.2) is 4.98 Å². The van der Waals surface area contributed by atoms with Gasteiger partial charge in [-0.1, -0.05) is 11.3 Å². The topological polar surface area (TPSA) is 45.7 Å². The molecular formula is C15H21N3O2S. The molecule has 1 aromatic heterocycles. The Kier molecular flexibility index (Phi) is 3.69. The molecule has 5 nitrogen and oxygen atoms in total. The Morgan fingerprint density at radius 1 is 1.19 bits per heavy atom. The van der Waals surface area contributed by atoms with Gasteiger partial charge in [0.15, 0.2) is 11.4 Å². The van der Waals surface area contributed by atoms with Crippen LogP contribution in [0.3, 0.4) is 0 Å². The number of anilines is 1. The Morgan fingerprint density at radius 2 is 2.00 bits per heavy atom. The molecule has 0 amide bonds. The molecule has 0 aromatic carbocycles. The molecule has 1 unspecified atom stereocenters.